The fraction of sp³-hybridized carbons (Fsp3) is 0.0588. The van der Waals surface area contributed by atoms with Crippen LogP contribution in [0.4, 0.5) is 0 Å². The van der Waals surface area contributed by atoms with E-state index in [1.807, 2.05) is 42.5 Å². The number of aromatic nitrogens is 4. The summed E-state index contributed by atoms with van der Waals surface area (Å²) in [5.74, 6) is -0.692. The molecule has 0 bridgehead atoms. The summed E-state index contributed by atoms with van der Waals surface area (Å²) < 4.78 is 10.1. The summed E-state index contributed by atoms with van der Waals surface area (Å²) in [6, 6.07) is 25.2. The Balaban J connectivity index is 0.000000261. The molecule has 0 radical (unpaired) electrons. The van der Waals surface area contributed by atoms with Crippen molar-refractivity contribution in [2.75, 3.05) is 6.61 Å². The number of rotatable bonds is 7. The Labute approximate surface area is 346 Å². The summed E-state index contributed by atoms with van der Waals surface area (Å²) in [6.45, 7) is 2.02. The van der Waals surface area contributed by atoms with Gasteiger partial charge in [-0.25, -0.2) is 19.6 Å². The van der Waals surface area contributed by atoms with Crippen molar-refractivity contribution in [3.8, 4) is 34.2 Å². The standard InChI is InChI=1S/C18H13BrCl2N2O2.C16H9BrCl2N2O2.Na.H2O/c1-2-25-18(24)15-10-23(16-8-7-11(19)9-14(16)21)17(22-15)12-5-3-4-6-13(12)20;17-9-5-6-14(12(19)7-9)21-8-13(16(22)23)20-15(21)10-3-1-2-4-11(10)18;;/h3-10H,2H2,1H3;1-8H,(H,22,23);;1H2/q;;+1;/p-1. The van der Waals surface area contributed by atoms with E-state index in [0.717, 1.165) is 8.95 Å². The number of hydrogen-bond donors (Lipinski definition) is 1. The van der Waals surface area contributed by atoms with Gasteiger partial charge >= 0.3 is 41.5 Å². The number of hydrogen-bond acceptors (Lipinski definition) is 6. The van der Waals surface area contributed by atoms with Gasteiger partial charge < -0.3 is 15.3 Å². The van der Waals surface area contributed by atoms with Crippen LogP contribution in [0.15, 0.2) is 106 Å². The van der Waals surface area contributed by atoms with Crippen LogP contribution in [0.1, 0.15) is 27.9 Å². The van der Waals surface area contributed by atoms with Gasteiger partial charge in [-0.15, -0.1) is 0 Å². The van der Waals surface area contributed by atoms with Crippen LogP contribution < -0.4 is 29.6 Å². The molecular weight excluding hydrogens is 869 g/mol. The van der Waals surface area contributed by atoms with Crippen LogP contribution in [-0.2, 0) is 4.74 Å². The first-order valence-electron chi connectivity index (χ1n) is 14.0. The van der Waals surface area contributed by atoms with E-state index in [1.165, 1.54) is 6.20 Å². The van der Waals surface area contributed by atoms with Gasteiger partial charge in [-0.2, -0.15) is 0 Å². The third-order valence-corrected chi connectivity index (χ3v) is 8.93. The molecule has 50 heavy (non-hydrogen) atoms. The van der Waals surface area contributed by atoms with Gasteiger partial charge in [-0.05, 0) is 67.6 Å². The van der Waals surface area contributed by atoms with E-state index in [4.69, 9.17) is 51.1 Å². The second-order valence-corrected chi connectivity index (χ2v) is 13.3. The Hall–Kier alpha value is -2.68. The zero-order valence-corrected chi connectivity index (χ0v) is 34.3. The molecule has 0 unspecified atom stereocenters. The minimum Gasteiger partial charge on any atom is -0.870 e. The van der Waals surface area contributed by atoms with Crippen molar-refractivity contribution in [3.63, 3.8) is 0 Å². The van der Waals surface area contributed by atoms with Crippen LogP contribution in [0.3, 0.4) is 0 Å². The number of aromatic carboxylic acids is 1. The van der Waals surface area contributed by atoms with Crippen molar-refractivity contribution in [1.29, 1.82) is 0 Å². The first kappa shape index (κ1) is 41.7. The van der Waals surface area contributed by atoms with Gasteiger partial charge in [0.2, 0.25) is 0 Å². The molecule has 0 aliphatic heterocycles. The van der Waals surface area contributed by atoms with E-state index >= 15 is 0 Å². The molecule has 0 aliphatic rings. The maximum Gasteiger partial charge on any atom is 1.00 e. The molecule has 0 atom stereocenters. The number of benzene rings is 4. The molecule has 9 nitrogen and oxygen atoms in total. The minimum atomic E-state index is -1.12. The van der Waals surface area contributed by atoms with Crippen LogP contribution >= 0.6 is 78.3 Å². The number of carbonyl (C=O) groups excluding carboxylic acids is 1. The molecule has 0 fully saturated rings. The minimum absolute atomic E-state index is 0. The maximum atomic E-state index is 12.1. The van der Waals surface area contributed by atoms with Crippen LogP contribution in [0.5, 0.6) is 0 Å². The summed E-state index contributed by atoms with van der Waals surface area (Å²) in [5, 5.41) is 11.2. The third kappa shape index (κ3) is 9.60. The molecular formula is C34H23Br2Cl4N4NaO5. The van der Waals surface area contributed by atoms with Crippen LogP contribution in [0, 0.1) is 0 Å². The second kappa shape index (κ2) is 18.7. The van der Waals surface area contributed by atoms with Gasteiger partial charge in [0.15, 0.2) is 11.4 Å². The molecule has 4 aromatic carbocycles. The predicted octanol–water partition coefficient (Wildman–Crippen LogP) is 7.92. The topological polar surface area (TPSA) is 129 Å². The van der Waals surface area contributed by atoms with Gasteiger partial charge in [-0.1, -0.05) is 103 Å². The van der Waals surface area contributed by atoms with Gasteiger partial charge in [0, 0.05) is 32.5 Å². The Morgan fingerprint density at radius 1 is 0.700 bits per heavy atom. The van der Waals surface area contributed by atoms with E-state index < -0.39 is 11.9 Å². The summed E-state index contributed by atoms with van der Waals surface area (Å²) in [7, 11) is 0. The fourth-order valence-electron chi connectivity index (χ4n) is 4.55. The largest absolute Gasteiger partial charge is 1.00 e. The first-order valence-corrected chi connectivity index (χ1v) is 17.1. The van der Waals surface area contributed by atoms with E-state index in [-0.39, 0.29) is 53.0 Å². The molecule has 6 aromatic rings. The molecule has 2 N–H and O–H groups in total. The number of carboxylic acids is 1. The number of halogens is 6. The Kier molecular flexibility index (Phi) is 15.6. The molecule has 2 aromatic heterocycles. The molecule has 6 rings (SSSR count). The summed E-state index contributed by atoms with van der Waals surface area (Å²) in [6.07, 6.45) is 3.03. The number of imidazole rings is 2. The summed E-state index contributed by atoms with van der Waals surface area (Å²) in [5.41, 5.74) is 2.72. The number of carbonyl (C=O) groups is 2. The van der Waals surface area contributed by atoms with Crippen LogP contribution in [-0.4, -0.2) is 48.2 Å². The molecule has 16 heteroatoms. The number of ether oxygens (including phenoxy) is 1. The van der Waals surface area contributed by atoms with Crippen molar-refractivity contribution in [1.82, 2.24) is 19.1 Å². The Morgan fingerprint density at radius 3 is 1.52 bits per heavy atom. The molecule has 0 aliphatic carbocycles. The molecule has 0 saturated carbocycles. The van der Waals surface area contributed by atoms with Crippen LogP contribution in [0.2, 0.25) is 20.1 Å². The van der Waals surface area contributed by atoms with E-state index in [1.54, 1.807) is 64.7 Å². The Morgan fingerprint density at radius 2 is 1.12 bits per heavy atom. The zero-order chi connectivity index (χ0) is 34.5. The predicted molar refractivity (Wildman–Crippen MR) is 198 cm³/mol. The maximum absolute atomic E-state index is 12.1. The molecule has 0 spiro atoms. The number of nitrogens with zero attached hydrogens (tertiary/aromatic N) is 4. The van der Waals surface area contributed by atoms with E-state index in [0.29, 0.717) is 54.2 Å². The molecule has 252 valence electrons. The monoisotopic (exact) mass is 888 g/mol. The number of carboxylic acid groups (broad SMARTS) is 1. The SMILES string of the molecule is CCOC(=O)c1cn(-c2ccc(Br)cc2Cl)c(-c2ccccc2Cl)n1.O=C(O)c1cn(-c2ccc(Br)cc2Cl)c(-c2ccccc2Cl)n1.[Na+].[OH-]. The Bertz CT molecular complexity index is 2160. The number of esters is 1. The van der Waals surface area contributed by atoms with Gasteiger partial charge in [0.05, 0.1) is 38.1 Å². The van der Waals surface area contributed by atoms with Crippen molar-refractivity contribution >= 4 is 90.2 Å². The van der Waals surface area contributed by atoms with Crippen LogP contribution in [0.25, 0.3) is 34.2 Å². The average Bonchev–Trinajstić information content (AvgIpc) is 3.68. The van der Waals surface area contributed by atoms with Crippen molar-refractivity contribution < 1.29 is 54.5 Å². The third-order valence-electron chi connectivity index (χ3n) is 6.68. The van der Waals surface area contributed by atoms with Gasteiger partial charge in [0.1, 0.15) is 11.6 Å². The van der Waals surface area contributed by atoms with Crippen molar-refractivity contribution in [2.24, 2.45) is 0 Å². The summed E-state index contributed by atoms with van der Waals surface area (Å²) >= 11 is 32.0. The smallest absolute Gasteiger partial charge is 0.870 e. The first-order chi connectivity index (χ1) is 23.0. The molecule has 0 saturated heterocycles. The van der Waals surface area contributed by atoms with E-state index in [9.17, 15) is 14.7 Å². The zero-order valence-electron chi connectivity index (χ0n) is 26.1. The van der Waals surface area contributed by atoms with Crippen molar-refractivity contribution in [2.45, 2.75) is 6.92 Å². The normalized spacial score (nSPS) is 10.3. The average molecular weight is 892 g/mol. The van der Waals surface area contributed by atoms with Gasteiger partial charge in [0.25, 0.3) is 0 Å². The van der Waals surface area contributed by atoms with E-state index in [2.05, 4.69) is 41.8 Å². The fourth-order valence-corrected chi connectivity index (χ4v) is 6.52. The second-order valence-electron chi connectivity index (χ2n) is 9.82. The van der Waals surface area contributed by atoms with Crippen molar-refractivity contribution in [3.05, 3.63) is 138 Å². The molecule has 0 amide bonds. The quantitative estimate of drug-likeness (QED) is 0.127. The summed E-state index contributed by atoms with van der Waals surface area (Å²) in [4.78, 5) is 32.1. The molecule has 2 heterocycles. The van der Waals surface area contributed by atoms with Gasteiger partial charge in [-0.3, -0.25) is 9.13 Å².